The lowest BCUT2D eigenvalue weighted by atomic mass is 10.1. The second kappa shape index (κ2) is 3.89. The average Bonchev–Trinajstić information content (AvgIpc) is 2.54. The number of carbonyl (C=O) groups excluding carboxylic acids is 3. The van der Waals surface area contributed by atoms with E-state index < -0.39 is 17.7 Å². The number of amides is 3. The van der Waals surface area contributed by atoms with Crippen LogP contribution in [0.15, 0.2) is 30.3 Å². The summed E-state index contributed by atoms with van der Waals surface area (Å²) in [6.07, 6.45) is 0.122. The van der Waals surface area contributed by atoms with E-state index in [1.807, 2.05) is 0 Å². The summed E-state index contributed by atoms with van der Waals surface area (Å²) in [4.78, 5) is 35.8. The molecule has 1 heterocycles. The fourth-order valence-electron chi connectivity index (χ4n) is 1.71. The molecule has 1 aliphatic rings. The summed E-state index contributed by atoms with van der Waals surface area (Å²) in [7, 11) is 0. The molecular formula is C12H11NO3. The van der Waals surface area contributed by atoms with Crippen LogP contribution in [0, 0.1) is 5.92 Å². The first-order valence-corrected chi connectivity index (χ1v) is 5.07. The normalized spacial score (nSPS) is 20.3. The number of hydrogen-bond acceptors (Lipinski definition) is 3. The first kappa shape index (κ1) is 10.5. The van der Waals surface area contributed by atoms with E-state index in [-0.39, 0.29) is 12.3 Å². The summed E-state index contributed by atoms with van der Waals surface area (Å²) in [6, 6.07) is 8.34. The van der Waals surface area contributed by atoms with Gasteiger partial charge in [-0.3, -0.25) is 14.4 Å². The van der Waals surface area contributed by atoms with Gasteiger partial charge in [-0.15, -0.1) is 0 Å². The maximum absolute atomic E-state index is 11.9. The average molecular weight is 217 g/mol. The number of rotatable bonds is 1. The summed E-state index contributed by atoms with van der Waals surface area (Å²) in [5.41, 5.74) is 0.360. The summed E-state index contributed by atoms with van der Waals surface area (Å²) in [6.45, 7) is 1.65. The van der Waals surface area contributed by atoms with E-state index in [0.29, 0.717) is 5.56 Å². The van der Waals surface area contributed by atoms with Gasteiger partial charge in [0, 0.05) is 17.9 Å². The first-order valence-electron chi connectivity index (χ1n) is 5.07. The van der Waals surface area contributed by atoms with E-state index in [9.17, 15) is 14.4 Å². The molecule has 0 spiro atoms. The van der Waals surface area contributed by atoms with Gasteiger partial charge in [0.2, 0.25) is 11.8 Å². The van der Waals surface area contributed by atoms with E-state index in [1.54, 1.807) is 37.3 Å². The second-order valence-corrected chi connectivity index (χ2v) is 3.84. The number of nitrogens with zero attached hydrogens (tertiary/aromatic N) is 1. The van der Waals surface area contributed by atoms with Gasteiger partial charge in [0.1, 0.15) is 0 Å². The molecule has 2 rings (SSSR count). The molecule has 3 amide bonds. The van der Waals surface area contributed by atoms with Crippen molar-refractivity contribution in [1.29, 1.82) is 0 Å². The van der Waals surface area contributed by atoms with Crippen LogP contribution in [0.3, 0.4) is 0 Å². The van der Waals surface area contributed by atoms with E-state index in [0.717, 1.165) is 4.90 Å². The number of hydrogen-bond donors (Lipinski definition) is 0. The number of imide groups is 3. The first-order chi connectivity index (χ1) is 7.61. The van der Waals surface area contributed by atoms with Crippen LogP contribution in [-0.2, 0) is 9.59 Å². The monoisotopic (exact) mass is 217 g/mol. The molecule has 0 aliphatic carbocycles. The van der Waals surface area contributed by atoms with Gasteiger partial charge >= 0.3 is 0 Å². The highest BCUT2D eigenvalue weighted by molar-refractivity contribution is 6.20. The molecule has 1 aliphatic heterocycles. The molecule has 1 saturated heterocycles. The predicted octanol–water partition coefficient (Wildman–Crippen LogP) is 1.22. The van der Waals surface area contributed by atoms with Crippen LogP contribution in [0.5, 0.6) is 0 Å². The molecule has 1 aromatic rings. The molecule has 0 aromatic heterocycles. The lowest BCUT2D eigenvalue weighted by Gasteiger charge is -2.11. The van der Waals surface area contributed by atoms with Gasteiger partial charge in [-0.2, -0.15) is 0 Å². The third-order valence-corrected chi connectivity index (χ3v) is 2.60. The summed E-state index contributed by atoms with van der Waals surface area (Å²) in [5, 5.41) is 0. The van der Waals surface area contributed by atoms with E-state index in [1.165, 1.54) is 0 Å². The standard InChI is InChI=1S/C12H11NO3/c1-8-7-10(14)13(11(8)15)12(16)9-5-3-2-4-6-9/h2-6,8H,7H2,1H3. The third kappa shape index (κ3) is 1.62. The van der Waals surface area contributed by atoms with Crippen LogP contribution in [0.1, 0.15) is 23.7 Å². The molecule has 4 heteroatoms. The Morgan fingerprint density at radius 2 is 1.88 bits per heavy atom. The van der Waals surface area contributed by atoms with Crippen LogP contribution in [-0.4, -0.2) is 22.6 Å². The van der Waals surface area contributed by atoms with Crippen molar-refractivity contribution in [2.45, 2.75) is 13.3 Å². The summed E-state index contributed by atoms with van der Waals surface area (Å²) < 4.78 is 0. The van der Waals surface area contributed by atoms with Crippen molar-refractivity contribution in [3.63, 3.8) is 0 Å². The smallest absolute Gasteiger partial charge is 0.267 e. The zero-order valence-corrected chi connectivity index (χ0v) is 8.84. The number of carbonyl (C=O) groups is 3. The lowest BCUT2D eigenvalue weighted by molar-refractivity contribution is -0.135. The van der Waals surface area contributed by atoms with Crippen LogP contribution < -0.4 is 0 Å². The fraction of sp³-hybridized carbons (Fsp3) is 0.250. The van der Waals surface area contributed by atoms with Gasteiger partial charge in [0.25, 0.3) is 5.91 Å². The molecule has 16 heavy (non-hydrogen) atoms. The van der Waals surface area contributed by atoms with Crippen LogP contribution in [0.4, 0.5) is 0 Å². The van der Waals surface area contributed by atoms with Crippen molar-refractivity contribution in [1.82, 2.24) is 4.90 Å². The molecule has 1 unspecified atom stereocenters. The van der Waals surface area contributed by atoms with Crippen LogP contribution in [0.25, 0.3) is 0 Å². The number of benzene rings is 1. The van der Waals surface area contributed by atoms with Crippen molar-refractivity contribution >= 4 is 17.7 Å². The molecule has 4 nitrogen and oxygen atoms in total. The third-order valence-electron chi connectivity index (χ3n) is 2.60. The molecule has 0 N–H and O–H groups in total. The second-order valence-electron chi connectivity index (χ2n) is 3.84. The Labute approximate surface area is 92.9 Å². The molecule has 0 bridgehead atoms. The summed E-state index contributed by atoms with van der Waals surface area (Å²) >= 11 is 0. The molecule has 82 valence electrons. The largest absolute Gasteiger partial charge is 0.274 e. The minimum absolute atomic E-state index is 0.122. The Kier molecular flexibility index (Phi) is 2.56. The van der Waals surface area contributed by atoms with E-state index >= 15 is 0 Å². The maximum Gasteiger partial charge on any atom is 0.267 e. The minimum atomic E-state index is -0.528. The molecule has 0 saturated carbocycles. The highest BCUT2D eigenvalue weighted by Gasteiger charge is 2.40. The minimum Gasteiger partial charge on any atom is -0.274 e. The fourth-order valence-corrected chi connectivity index (χ4v) is 1.71. The lowest BCUT2D eigenvalue weighted by Crippen LogP contribution is -2.36. The van der Waals surface area contributed by atoms with E-state index in [2.05, 4.69) is 0 Å². The molecule has 1 atom stereocenters. The highest BCUT2D eigenvalue weighted by Crippen LogP contribution is 2.20. The van der Waals surface area contributed by atoms with Gasteiger partial charge < -0.3 is 0 Å². The predicted molar refractivity (Wildman–Crippen MR) is 56.4 cm³/mol. The van der Waals surface area contributed by atoms with Crippen LogP contribution in [0.2, 0.25) is 0 Å². The van der Waals surface area contributed by atoms with Crippen molar-refractivity contribution in [3.8, 4) is 0 Å². The molecule has 1 fully saturated rings. The van der Waals surface area contributed by atoms with E-state index in [4.69, 9.17) is 0 Å². The van der Waals surface area contributed by atoms with Gasteiger partial charge in [-0.25, -0.2) is 4.90 Å². The van der Waals surface area contributed by atoms with Crippen molar-refractivity contribution in [2.24, 2.45) is 5.92 Å². The Bertz CT molecular complexity index is 453. The molecular weight excluding hydrogens is 206 g/mol. The van der Waals surface area contributed by atoms with Gasteiger partial charge in [-0.05, 0) is 12.1 Å². The van der Waals surface area contributed by atoms with Gasteiger partial charge in [-0.1, -0.05) is 25.1 Å². The molecule has 1 aromatic carbocycles. The zero-order valence-electron chi connectivity index (χ0n) is 8.84. The Balaban J connectivity index is 2.30. The van der Waals surface area contributed by atoms with Crippen molar-refractivity contribution < 1.29 is 14.4 Å². The quantitative estimate of drug-likeness (QED) is 0.664. The topological polar surface area (TPSA) is 54.5 Å². The highest BCUT2D eigenvalue weighted by atomic mass is 16.2. The van der Waals surface area contributed by atoms with Crippen molar-refractivity contribution in [2.75, 3.05) is 0 Å². The summed E-state index contributed by atoms with van der Waals surface area (Å²) in [5.74, 6) is -1.73. The van der Waals surface area contributed by atoms with Gasteiger partial charge in [0.15, 0.2) is 0 Å². The Morgan fingerprint density at radius 1 is 1.25 bits per heavy atom. The molecule has 0 radical (unpaired) electrons. The number of likely N-dealkylation sites (tertiary alicyclic amines) is 1. The maximum atomic E-state index is 11.9. The van der Waals surface area contributed by atoms with Gasteiger partial charge in [0.05, 0.1) is 0 Å². The Hall–Kier alpha value is -1.97. The van der Waals surface area contributed by atoms with Crippen LogP contribution >= 0.6 is 0 Å². The Morgan fingerprint density at radius 3 is 2.38 bits per heavy atom. The zero-order chi connectivity index (χ0) is 11.7. The van der Waals surface area contributed by atoms with Crippen molar-refractivity contribution in [3.05, 3.63) is 35.9 Å². The SMILES string of the molecule is CC1CC(=O)N(C(=O)c2ccccc2)C1=O.